The third-order valence-corrected chi connectivity index (χ3v) is 5.76. The Kier molecular flexibility index (Phi) is 6.44. The summed E-state index contributed by atoms with van der Waals surface area (Å²) in [6, 6.07) is 21.5. The van der Waals surface area contributed by atoms with Crippen molar-refractivity contribution in [2.24, 2.45) is 0 Å². The summed E-state index contributed by atoms with van der Waals surface area (Å²) in [5, 5.41) is 3.90. The number of halogens is 2. The maximum Gasteiger partial charge on any atom is 0.255 e. The summed E-state index contributed by atoms with van der Waals surface area (Å²) in [6.45, 7) is 2.62. The van der Waals surface area contributed by atoms with E-state index in [4.69, 9.17) is 23.2 Å². The van der Waals surface area contributed by atoms with Crippen molar-refractivity contribution in [3.8, 4) is 0 Å². The zero-order chi connectivity index (χ0) is 21.8. The fraction of sp³-hybridized carbons (Fsp3) is 0.167. The molecule has 7 heteroatoms. The Bertz CT molecular complexity index is 1100. The van der Waals surface area contributed by atoms with Gasteiger partial charge in [-0.25, -0.2) is 0 Å². The molecule has 1 N–H and O–H groups in total. The number of hydrogen-bond acceptors (Lipinski definition) is 3. The number of benzene rings is 3. The van der Waals surface area contributed by atoms with Crippen LogP contribution >= 0.6 is 23.2 Å². The van der Waals surface area contributed by atoms with Crippen molar-refractivity contribution in [2.45, 2.75) is 0 Å². The highest BCUT2D eigenvalue weighted by Gasteiger charge is 2.23. The standard InChI is InChI=1S/C24H21Cl2N3O2/c25-19-8-4-7-18(15-19)23(30)27-20-9-10-22(21(26)16-20)28-11-13-29(14-12-28)24(31)17-5-2-1-3-6-17/h1-10,15-16H,11-14H2,(H,27,30). The first-order valence-electron chi connectivity index (χ1n) is 9.97. The number of anilines is 2. The van der Waals surface area contributed by atoms with Gasteiger partial charge in [0.2, 0.25) is 0 Å². The number of nitrogens with zero attached hydrogens (tertiary/aromatic N) is 2. The van der Waals surface area contributed by atoms with E-state index >= 15 is 0 Å². The van der Waals surface area contributed by atoms with Gasteiger partial charge in [0.25, 0.3) is 11.8 Å². The zero-order valence-corrected chi connectivity index (χ0v) is 18.2. The monoisotopic (exact) mass is 453 g/mol. The van der Waals surface area contributed by atoms with Crippen LogP contribution in [0, 0.1) is 0 Å². The molecule has 3 aromatic carbocycles. The van der Waals surface area contributed by atoms with E-state index in [0.717, 1.165) is 5.69 Å². The first kappa shape index (κ1) is 21.2. The highest BCUT2D eigenvalue weighted by Crippen LogP contribution is 2.30. The SMILES string of the molecule is O=C(Nc1ccc(N2CCN(C(=O)c3ccccc3)CC2)c(Cl)c1)c1cccc(Cl)c1. The van der Waals surface area contributed by atoms with Crippen molar-refractivity contribution in [3.05, 3.63) is 94.0 Å². The summed E-state index contributed by atoms with van der Waals surface area (Å²) < 4.78 is 0. The Morgan fingerprint density at radius 1 is 0.774 bits per heavy atom. The molecular formula is C24H21Cl2N3O2. The Labute approximate surface area is 191 Å². The van der Waals surface area contributed by atoms with Gasteiger partial charge in [-0.15, -0.1) is 0 Å². The number of rotatable bonds is 4. The molecule has 0 spiro atoms. The van der Waals surface area contributed by atoms with Crippen LogP contribution in [0.1, 0.15) is 20.7 Å². The summed E-state index contributed by atoms with van der Waals surface area (Å²) in [5.74, 6) is -0.204. The van der Waals surface area contributed by atoms with E-state index in [9.17, 15) is 9.59 Å². The minimum absolute atomic E-state index is 0.0467. The van der Waals surface area contributed by atoms with Crippen molar-refractivity contribution >= 4 is 46.4 Å². The molecule has 3 aromatic rings. The molecule has 0 bridgehead atoms. The van der Waals surface area contributed by atoms with Gasteiger partial charge in [-0.3, -0.25) is 9.59 Å². The van der Waals surface area contributed by atoms with Crippen LogP contribution in [0.15, 0.2) is 72.8 Å². The molecule has 1 aliphatic heterocycles. The molecule has 0 aliphatic carbocycles. The van der Waals surface area contributed by atoms with E-state index in [1.165, 1.54) is 0 Å². The smallest absolute Gasteiger partial charge is 0.255 e. The van der Waals surface area contributed by atoms with Crippen LogP contribution in [0.3, 0.4) is 0 Å². The maximum atomic E-state index is 12.6. The second-order valence-electron chi connectivity index (χ2n) is 7.28. The molecule has 0 unspecified atom stereocenters. The van der Waals surface area contributed by atoms with Gasteiger partial charge in [0.05, 0.1) is 10.7 Å². The predicted molar refractivity (Wildman–Crippen MR) is 125 cm³/mol. The number of piperazine rings is 1. The lowest BCUT2D eigenvalue weighted by Gasteiger charge is -2.36. The van der Waals surface area contributed by atoms with Crippen LogP contribution in [0.2, 0.25) is 10.0 Å². The largest absolute Gasteiger partial charge is 0.367 e. The summed E-state index contributed by atoms with van der Waals surface area (Å²) in [7, 11) is 0. The highest BCUT2D eigenvalue weighted by molar-refractivity contribution is 6.33. The molecule has 1 saturated heterocycles. The van der Waals surface area contributed by atoms with Crippen LogP contribution in [0.25, 0.3) is 0 Å². The van der Waals surface area contributed by atoms with Crippen molar-refractivity contribution in [1.29, 1.82) is 0 Å². The number of carbonyl (C=O) groups excluding carboxylic acids is 2. The first-order chi connectivity index (χ1) is 15.0. The van der Waals surface area contributed by atoms with Crippen LogP contribution < -0.4 is 10.2 Å². The van der Waals surface area contributed by atoms with Crippen molar-refractivity contribution in [3.63, 3.8) is 0 Å². The predicted octanol–water partition coefficient (Wildman–Crippen LogP) is 5.21. The van der Waals surface area contributed by atoms with Crippen molar-refractivity contribution < 1.29 is 9.59 Å². The average molecular weight is 454 g/mol. The zero-order valence-electron chi connectivity index (χ0n) is 16.7. The van der Waals surface area contributed by atoms with Gasteiger partial charge in [-0.05, 0) is 48.5 Å². The summed E-state index contributed by atoms with van der Waals surface area (Å²) >= 11 is 12.5. The number of amides is 2. The molecule has 31 heavy (non-hydrogen) atoms. The second kappa shape index (κ2) is 9.41. The molecule has 4 rings (SSSR count). The Hall–Kier alpha value is -3.02. The molecular weight excluding hydrogens is 433 g/mol. The van der Waals surface area contributed by atoms with Crippen LogP contribution in [-0.4, -0.2) is 42.9 Å². The Balaban J connectivity index is 1.39. The molecule has 2 amide bonds. The van der Waals surface area contributed by atoms with Gasteiger partial charge in [-0.2, -0.15) is 0 Å². The topological polar surface area (TPSA) is 52.7 Å². The normalized spacial score (nSPS) is 13.7. The molecule has 1 heterocycles. The minimum Gasteiger partial charge on any atom is -0.367 e. The molecule has 0 aromatic heterocycles. The fourth-order valence-electron chi connectivity index (χ4n) is 3.59. The molecule has 0 radical (unpaired) electrons. The van der Waals surface area contributed by atoms with Gasteiger partial charge >= 0.3 is 0 Å². The first-order valence-corrected chi connectivity index (χ1v) is 10.7. The molecule has 158 valence electrons. The van der Waals surface area contributed by atoms with Gasteiger partial charge < -0.3 is 15.1 Å². The summed E-state index contributed by atoms with van der Waals surface area (Å²) in [4.78, 5) is 29.1. The Morgan fingerprint density at radius 3 is 2.16 bits per heavy atom. The number of carbonyl (C=O) groups is 2. The van der Waals surface area contributed by atoms with E-state index in [-0.39, 0.29) is 11.8 Å². The van der Waals surface area contributed by atoms with Gasteiger partial charge in [0.15, 0.2) is 0 Å². The van der Waals surface area contributed by atoms with Crippen LogP contribution in [0.5, 0.6) is 0 Å². The number of hydrogen-bond donors (Lipinski definition) is 1. The molecule has 0 atom stereocenters. The maximum absolute atomic E-state index is 12.6. The van der Waals surface area contributed by atoms with Gasteiger partial charge in [-0.1, -0.05) is 47.5 Å². The van der Waals surface area contributed by atoms with Gasteiger partial charge in [0, 0.05) is 48.0 Å². The van der Waals surface area contributed by atoms with Crippen LogP contribution in [0.4, 0.5) is 11.4 Å². The third kappa shape index (κ3) is 5.01. The number of nitrogens with one attached hydrogen (secondary N) is 1. The quantitative estimate of drug-likeness (QED) is 0.589. The average Bonchev–Trinajstić information content (AvgIpc) is 2.79. The van der Waals surface area contributed by atoms with Crippen LogP contribution in [-0.2, 0) is 0 Å². The third-order valence-electron chi connectivity index (χ3n) is 5.22. The fourth-order valence-corrected chi connectivity index (χ4v) is 4.08. The summed E-state index contributed by atoms with van der Waals surface area (Å²) in [6.07, 6.45) is 0. The minimum atomic E-state index is -0.251. The highest BCUT2D eigenvalue weighted by atomic mass is 35.5. The lowest BCUT2D eigenvalue weighted by molar-refractivity contribution is 0.0746. The molecule has 0 saturated carbocycles. The lowest BCUT2D eigenvalue weighted by atomic mass is 10.1. The second-order valence-corrected chi connectivity index (χ2v) is 8.12. The lowest BCUT2D eigenvalue weighted by Crippen LogP contribution is -2.48. The Morgan fingerprint density at radius 2 is 1.48 bits per heavy atom. The molecule has 5 nitrogen and oxygen atoms in total. The van der Waals surface area contributed by atoms with Gasteiger partial charge in [0.1, 0.15) is 0 Å². The van der Waals surface area contributed by atoms with Crippen molar-refractivity contribution in [1.82, 2.24) is 4.90 Å². The molecule has 1 fully saturated rings. The van der Waals surface area contributed by atoms with E-state index in [0.29, 0.717) is 53.0 Å². The molecule has 1 aliphatic rings. The summed E-state index contributed by atoms with van der Waals surface area (Å²) in [5.41, 5.74) is 2.67. The van der Waals surface area contributed by atoms with Crippen molar-refractivity contribution in [2.75, 3.05) is 36.4 Å². The van der Waals surface area contributed by atoms with E-state index in [1.54, 1.807) is 30.3 Å². The van der Waals surface area contributed by atoms with E-state index < -0.39 is 0 Å². The van der Waals surface area contributed by atoms with E-state index in [1.807, 2.05) is 47.4 Å². The van der Waals surface area contributed by atoms with E-state index in [2.05, 4.69) is 10.2 Å².